The van der Waals surface area contributed by atoms with E-state index in [4.69, 9.17) is 0 Å². The molecule has 132 valence electrons. The van der Waals surface area contributed by atoms with Crippen molar-refractivity contribution in [2.45, 2.75) is 44.6 Å². The number of hydrogen-bond acceptors (Lipinski definition) is 4. The van der Waals surface area contributed by atoms with Gasteiger partial charge in [0.25, 0.3) is 5.91 Å². The Labute approximate surface area is 146 Å². The number of rotatable bonds is 3. The predicted octanol–water partition coefficient (Wildman–Crippen LogP) is 1.87. The summed E-state index contributed by atoms with van der Waals surface area (Å²) in [5, 5.41) is 2.91. The van der Waals surface area contributed by atoms with Crippen LogP contribution in [0.3, 0.4) is 0 Å². The zero-order valence-electron chi connectivity index (χ0n) is 14.2. The number of fused-ring (bicyclic) bond motifs is 1. The number of aromatic nitrogens is 3. The molecular formula is C18H23N5O2. The highest BCUT2D eigenvalue weighted by Gasteiger charge is 2.36. The van der Waals surface area contributed by atoms with E-state index in [1.54, 1.807) is 17.3 Å². The number of imidazole rings is 1. The maximum atomic E-state index is 13.0. The van der Waals surface area contributed by atoms with Crippen LogP contribution in [0.2, 0.25) is 0 Å². The fraction of sp³-hybridized carbons (Fsp3) is 0.556. The van der Waals surface area contributed by atoms with E-state index in [1.807, 2.05) is 6.07 Å². The molecule has 1 saturated heterocycles. The fourth-order valence-electron chi connectivity index (χ4n) is 4.02. The fourth-order valence-corrected chi connectivity index (χ4v) is 4.02. The number of carbonyl (C=O) groups is 2. The molecule has 2 amide bonds. The zero-order valence-corrected chi connectivity index (χ0v) is 14.2. The van der Waals surface area contributed by atoms with Gasteiger partial charge in [0.15, 0.2) is 5.65 Å². The largest absolute Gasteiger partial charge is 0.353 e. The monoisotopic (exact) mass is 341 g/mol. The highest BCUT2D eigenvalue weighted by atomic mass is 16.2. The van der Waals surface area contributed by atoms with Gasteiger partial charge in [-0.25, -0.2) is 9.97 Å². The second kappa shape index (κ2) is 6.82. The van der Waals surface area contributed by atoms with Crippen molar-refractivity contribution in [3.05, 3.63) is 24.2 Å². The lowest BCUT2D eigenvalue weighted by Gasteiger charge is -2.37. The summed E-state index contributed by atoms with van der Waals surface area (Å²) in [5.74, 6) is 0.311. The molecule has 0 spiro atoms. The Morgan fingerprint density at radius 3 is 2.92 bits per heavy atom. The summed E-state index contributed by atoms with van der Waals surface area (Å²) in [4.78, 5) is 38.6. The first-order valence-corrected chi connectivity index (χ1v) is 9.11. The van der Waals surface area contributed by atoms with Crippen LogP contribution in [-0.4, -0.2) is 50.8 Å². The molecule has 25 heavy (non-hydrogen) atoms. The molecule has 1 atom stereocenters. The molecule has 2 fully saturated rings. The van der Waals surface area contributed by atoms with E-state index in [-0.39, 0.29) is 17.9 Å². The van der Waals surface area contributed by atoms with E-state index in [0.717, 1.165) is 24.8 Å². The lowest BCUT2D eigenvalue weighted by molar-refractivity contribution is -0.128. The molecule has 0 radical (unpaired) electrons. The average Bonchev–Trinajstić information content (AvgIpc) is 3.11. The van der Waals surface area contributed by atoms with Crippen molar-refractivity contribution in [3.8, 4) is 0 Å². The second-order valence-corrected chi connectivity index (χ2v) is 7.02. The van der Waals surface area contributed by atoms with Crippen molar-refractivity contribution in [1.29, 1.82) is 0 Å². The molecule has 2 aliphatic rings. The average molecular weight is 341 g/mol. The third kappa shape index (κ3) is 3.23. The van der Waals surface area contributed by atoms with Gasteiger partial charge < -0.3 is 15.2 Å². The minimum Gasteiger partial charge on any atom is -0.353 e. The molecule has 1 saturated carbocycles. The molecule has 7 nitrogen and oxygen atoms in total. The summed E-state index contributed by atoms with van der Waals surface area (Å²) >= 11 is 0. The van der Waals surface area contributed by atoms with E-state index in [0.29, 0.717) is 30.3 Å². The molecular weight excluding hydrogens is 318 g/mol. The van der Waals surface area contributed by atoms with Gasteiger partial charge in [0, 0.05) is 13.1 Å². The van der Waals surface area contributed by atoms with Crippen LogP contribution in [0.4, 0.5) is 0 Å². The van der Waals surface area contributed by atoms with E-state index >= 15 is 0 Å². The topological polar surface area (TPSA) is 91.0 Å². The van der Waals surface area contributed by atoms with E-state index in [9.17, 15) is 9.59 Å². The van der Waals surface area contributed by atoms with Gasteiger partial charge in [-0.2, -0.15) is 0 Å². The van der Waals surface area contributed by atoms with Gasteiger partial charge in [0.05, 0.1) is 11.8 Å². The molecule has 1 aliphatic heterocycles. The smallest absolute Gasteiger partial charge is 0.273 e. The Morgan fingerprint density at radius 1 is 1.24 bits per heavy atom. The lowest BCUT2D eigenvalue weighted by Crippen LogP contribution is -2.57. The third-order valence-corrected chi connectivity index (χ3v) is 5.37. The number of pyridine rings is 1. The number of nitrogens with zero attached hydrogens (tertiary/aromatic N) is 3. The van der Waals surface area contributed by atoms with Gasteiger partial charge in [-0.15, -0.1) is 0 Å². The minimum absolute atomic E-state index is 0.0361. The normalized spacial score (nSPS) is 22.2. The van der Waals surface area contributed by atoms with Gasteiger partial charge in [0.1, 0.15) is 11.7 Å². The Bertz CT molecular complexity index is 781. The van der Waals surface area contributed by atoms with Crippen molar-refractivity contribution in [3.63, 3.8) is 0 Å². The number of aromatic amines is 1. The first kappa shape index (κ1) is 16.1. The van der Waals surface area contributed by atoms with Crippen LogP contribution in [0.15, 0.2) is 18.5 Å². The number of carbonyl (C=O) groups excluding carboxylic acids is 2. The van der Waals surface area contributed by atoms with Crippen molar-refractivity contribution < 1.29 is 9.59 Å². The summed E-state index contributed by atoms with van der Waals surface area (Å²) in [6.07, 6.45) is 8.36. The summed E-state index contributed by atoms with van der Waals surface area (Å²) in [5.41, 5.74) is 1.67. The van der Waals surface area contributed by atoms with Crippen LogP contribution in [-0.2, 0) is 4.79 Å². The summed E-state index contributed by atoms with van der Waals surface area (Å²) in [6, 6.07) is 3.12. The molecule has 1 aliphatic carbocycles. The standard InChI is InChI=1S/C18H23N5O2/c24-17-15(10-12-4-2-1-3-5-12)23(9-8-19-17)18(25)14-7-6-13-16(22-14)21-11-20-13/h6-7,11-12,15H,1-5,8-10H2,(H,19,24)(H,20,21,22)/t15-/m0/s1. The predicted molar refractivity (Wildman–Crippen MR) is 92.9 cm³/mol. The SMILES string of the molecule is O=C1NCCN(C(=O)c2ccc3[nH]cnc3n2)[C@H]1CC1CCCCC1. The molecule has 2 N–H and O–H groups in total. The summed E-state index contributed by atoms with van der Waals surface area (Å²) in [7, 11) is 0. The summed E-state index contributed by atoms with van der Waals surface area (Å²) in [6.45, 7) is 1.03. The molecule has 2 aromatic heterocycles. The first-order chi connectivity index (χ1) is 12.2. The van der Waals surface area contributed by atoms with Crippen LogP contribution >= 0.6 is 0 Å². The maximum absolute atomic E-state index is 13.0. The molecule has 3 heterocycles. The maximum Gasteiger partial charge on any atom is 0.273 e. The van der Waals surface area contributed by atoms with Crippen LogP contribution in [0.1, 0.15) is 49.0 Å². The number of amides is 2. The Kier molecular flexibility index (Phi) is 4.38. The lowest BCUT2D eigenvalue weighted by atomic mass is 9.84. The van der Waals surface area contributed by atoms with Crippen molar-refractivity contribution in [1.82, 2.24) is 25.2 Å². The Balaban J connectivity index is 1.56. The van der Waals surface area contributed by atoms with Crippen LogP contribution in [0.5, 0.6) is 0 Å². The van der Waals surface area contributed by atoms with Crippen LogP contribution < -0.4 is 5.32 Å². The molecule has 0 aromatic carbocycles. The van der Waals surface area contributed by atoms with Gasteiger partial charge in [-0.3, -0.25) is 9.59 Å². The Morgan fingerprint density at radius 2 is 2.08 bits per heavy atom. The molecule has 0 bridgehead atoms. The highest BCUT2D eigenvalue weighted by molar-refractivity contribution is 5.98. The second-order valence-electron chi connectivity index (χ2n) is 7.02. The number of hydrogen-bond donors (Lipinski definition) is 2. The number of H-pyrrole nitrogens is 1. The van der Waals surface area contributed by atoms with Crippen LogP contribution in [0.25, 0.3) is 11.2 Å². The third-order valence-electron chi connectivity index (χ3n) is 5.37. The van der Waals surface area contributed by atoms with Crippen molar-refractivity contribution in [2.24, 2.45) is 5.92 Å². The van der Waals surface area contributed by atoms with E-state index in [2.05, 4.69) is 20.3 Å². The van der Waals surface area contributed by atoms with Gasteiger partial charge in [0.2, 0.25) is 5.91 Å². The Hall–Kier alpha value is -2.44. The van der Waals surface area contributed by atoms with Crippen LogP contribution in [0, 0.1) is 5.92 Å². The van der Waals surface area contributed by atoms with Gasteiger partial charge >= 0.3 is 0 Å². The quantitative estimate of drug-likeness (QED) is 0.891. The van der Waals surface area contributed by atoms with Gasteiger partial charge in [-0.05, 0) is 24.5 Å². The zero-order chi connectivity index (χ0) is 17.2. The van der Waals surface area contributed by atoms with E-state index < -0.39 is 0 Å². The summed E-state index contributed by atoms with van der Waals surface area (Å²) < 4.78 is 0. The molecule has 7 heteroatoms. The number of piperazine rings is 1. The van der Waals surface area contributed by atoms with Crippen molar-refractivity contribution in [2.75, 3.05) is 13.1 Å². The first-order valence-electron chi connectivity index (χ1n) is 9.11. The highest BCUT2D eigenvalue weighted by Crippen LogP contribution is 2.29. The molecule has 2 aromatic rings. The minimum atomic E-state index is -0.388. The van der Waals surface area contributed by atoms with Gasteiger partial charge in [-0.1, -0.05) is 32.1 Å². The number of nitrogens with one attached hydrogen (secondary N) is 2. The van der Waals surface area contributed by atoms with E-state index in [1.165, 1.54) is 19.3 Å². The molecule has 0 unspecified atom stereocenters. The molecule has 4 rings (SSSR count). The van der Waals surface area contributed by atoms with Crippen molar-refractivity contribution >= 4 is 23.0 Å².